The van der Waals surface area contributed by atoms with E-state index in [4.69, 9.17) is 0 Å². The van der Waals surface area contributed by atoms with Crippen molar-refractivity contribution in [1.29, 1.82) is 0 Å². The molecule has 112 valence electrons. The Morgan fingerprint density at radius 1 is 1.00 bits per heavy atom. The Hall–Kier alpha value is -1.80. The summed E-state index contributed by atoms with van der Waals surface area (Å²) in [5, 5.41) is 13.3. The molecule has 0 saturated heterocycles. The van der Waals surface area contributed by atoms with Gasteiger partial charge in [-0.05, 0) is 34.1 Å². The van der Waals surface area contributed by atoms with Crippen LogP contribution in [0.1, 0.15) is 0 Å². The number of hydrogen-bond acceptors (Lipinski definition) is 4. The second kappa shape index (κ2) is 5.77. The highest BCUT2D eigenvalue weighted by molar-refractivity contribution is 9.10. The van der Waals surface area contributed by atoms with E-state index in [2.05, 4.69) is 20.9 Å². The molecule has 1 aromatic heterocycles. The summed E-state index contributed by atoms with van der Waals surface area (Å²) < 4.78 is 24.6. The number of sulfonamides is 1. The average molecular weight is 379 g/mol. The summed E-state index contributed by atoms with van der Waals surface area (Å²) in [5.74, 6) is 0. The number of para-hydroxylation sites is 1. The van der Waals surface area contributed by atoms with E-state index in [9.17, 15) is 13.6 Å². The Morgan fingerprint density at radius 2 is 1.73 bits per heavy atom. The van der Waals surface area contributed by atoms with Gasteiger partial charge in [0.1, 0.15) is 10.4 Å². The summed E-state index contributed by atoms with van der Waals surface area (Å²) in [6.07, 6.45) is 1.53. The fourth-order valence-corrected chi connectivity index (χ4v) is 4.34. The van der Waals surface area contributed by atoms with E-state index in [-0.39, 0.29) is 10.6 Å². The number of pyridine rings is 1. The Kier molecular flexibility index (Phi) is 3.96. The van der Waals surface area contributed by atoms with Crippen molar-refractivity contribution in [3.63, 3.8) is 0 Å². The lowest BCUT2D eigenvalue weighted by atomic mass is 10.2. The van der Waals surface area contributed by atoms with Crippen LogP contribution in [-0.2, 0) is 10.0 Å². The monoisotopic (exact) mass is 378 g/mol. The van der Waals surface area contributed by atoms with Crippen molar-refractivity contribution in [2.75, 3.05) is 0 Å². The van der Waals surface area contributed by atoms with Crippen LogP contribution in [0.5, 0.6) is 0 Å². The first-order chi connectivity index (χ1) is 10.5. The number of halogens is 1. The van der Waals surface area contributed by atoms with Crippen molar-refractivity contribution in [1.82, 2.24) is 4.98 Å². The predicted octanol–water partition coefficient (Wildman–Crippen LogP) is 2.40. The lowest BCUT2D eigenvalue weighted by molar-refractivity contribution is -0.623. The zero-order valence-corrected chi connectivity index (χ0v) is 13.6. The minimum absolute atomic E-state index is 0.0482. The van der Waals surface area contributed by atoms with Gasteiger partial charge in [-0.2, -0.15) is 8.42 Å². The zero-order chi connectivity index (χ0) is 15.7. The van der Waals surface area contributed by atoms with Crippen LogP contribution >= 0.6 is 15.9 Å². The van der Waals surface area contributed by atoms with Gasteiger partial charge < -0.3 is 5.21 Å². The van der Waals surface area contributed by atoms with Crippen LogP contribution in [-0.4, -0.2) is 13.4 Å². The smallest absolute Gasteiger partial charge is 0.331 e. The van der Waals surface area contributed by atoms with Gasteiger partial charge in [0.25, 0.3) is 0 Å². The first-order valence-electron chi connectivity index (χ1n) is 6.39. The number of aromatic nitrogens is 1. The molecular formula is C15H11BrN2O3S. The largest absolute Gasteiger partial charge is 0.612 e. The maximum absolute atomic E-state index is 12.6. The highest BCUT2D eigenvalue weighted by Gasteiger charge is 2.27. The van der Waals surface area contributed by atoms with Gasteiger partial charge in [0, 0.05) is 22.1 Å². The van der Waals surface area contributed by atoms with Crippen LogP contribution in [0.2, 0.25) is 0 Å². The summed E-state index contributed by atoms with van der Waals surface area (Å²) in [7, 11) is -4.14. The fourth-order valence-electron chi connectivity index (χ4n) is 2.18. The van der Waals surface area contributed by atoms with Crippen LogP contribution in [0.4, 0.5) is 5.69 Å². The topological polar surface area (TPSA) is 74.5 Å². The van der Waals surface area contributed by atoms with Crippen molar-refractivity contribution in [3.05, 3.63) is 70.5 Å². The highest BCUT2D eigenvalue weighted by Crippen LogP contribution is 2.22. The molecule has 0 amide bonds. The SMILES string of the molecule is O=S(=O)(c1ccccc1Br)[NH+]([O-])c1cccc2cccnc12. The molecule has 1 N–H and O–H groups in total. The third kappa shape index (κ3) is 2.52. The van der Waals surface area contributed by atoms with Gasteiger partial charge in [-0.1, -0.05) is 30.3 Å². The molecular weight excluding hydrogens is 368 g/mol. The fraction of sp³-hybridized carbons (Fsp3) is 0. The molecule has 0 aliphatic rings. The molecule has 0 aliphatic carbocycles. The number of quaternary nitrogens is 1. The van der Waals surface area contributed by atoms with Crippen molar-refractivity contribution in [3.8, 4) is 0 Å². The lowest BCUT2D eigenvalue weighted by Gasteiger charge is -2.22. The van der Waals surface area contributed by atoms with Crippen molar-refractivity contribution >= 4 is 42.5 Å². The molecule has 3 aromatic rings. The zero-order valence-electron chi connectivity index (χ0n) is 11.2. The summed E-state index contributed by atoms with van der Waals surface area (Å²) in [6, 6.07) is 14.7. The van der Waals surface area contributed by atoms with Gasteiger partial charge in [0.15, 0.2) is 5.69 Å². The molecule has 1 unspecified atom stereocenters. The van der Waals surface area contributed by atoms with E-state index in [1.54, 1.807) is 42.5 Å². The molecule has 1 heterocycles. The van der Waals surface area contributed by atoms with E-state index in [1.807, 2.05) is 0 Å². The molecule has 2 aromatic carbocycles. The third-order valence-electron chi connectivity index (χ3n) is 3.22. The molecule has 3 rings (SSSR count). The van der Waals surface area contributed by atoms with Crippen molar-refractivity contribution in [2.24, 2.45) is 0 Å². The van der Waals surface area contributed by atoms with E-state index in [0.717, 1.165) is 5.39 Å². The maximum atomic E-state index is 12.6. The number of fused-ring (bicyclic) bond motifs is 1. The molecule has 0 spiro atoms. The van der Waals surface area contributed by atoms with Crippen molar-refractivity contribution < 1.29 is 12.9 Å². The van der Waals surface area contributed by atoms with Crippen molar-refractivity contribution in [2.45, 2.75) is 4.90 Å². The van der Waals surface area contributed by atoms with Crippen LogP contribution in [0, 0.1) is 5.21 Å². The molecule has 0 saturated carbocycles. The van der Waals surface area contributed by atoms with Gasteiger partial charge in [0.2, 0.25) is 0 Å². The van der Waals surface area contributed by atoms with Gasteiger partial charge >= 0.3 is 10.0 Å². The normalized spacial score (nSPS) is 13.2. The van der Waals surface area contributed by atoms with Crippen LogP contribution < -0.4 is 4.47 Å². The number of nitrogens with one attached hydrogen (secondary N) is 1. The Labute approximate surface area is 136 Å². The van der Waals surface area contributed by atoms with E-state index >= 15 is 0 Å². The standard InChI is InChI=1S/C15H11BrN2O3S/c16-12-7-1-2-9-14(12)22(20,21)18(19)13-8-3-5-11-6-4-10-17-15(11)13/h1-10,18H. The predicted molar refractivity (Wildman–Crippen MR) is 87.1 cm³/mol. The van der Waals surface area contributed by atoms with Gasteiger partial charge in [-0.3, -0.25) is 0 Å². The second-order valence-corrected chi connectivity index (χ2v) is 7.27. The van der Waals surface area contributed by atoms with E-state index in [0.29, 0.717) is 9.99 Å². The first-order valence-corrected chi connectivity index (χ1v) is 8.67. The molecule has 5 nitrogen and oxygen atoms in total. The number of hydrogen-bond donors (Lipinski definition) is 1. The van der Waals surface area contributed by atoms with Crippen LogP contribution in [0.3, 0.4) is 0 Å². The number of nitrogens with zero attached hydrogens (tertiary/aromatic N) is 1. The minimum atomic E-state index is -4.14. The van der Waals surface area contributed by atoms with Gasteiger partial charge in [-0.25, -0.2) is 9.45 Å². The van der Waals surface area contributed by atoms with Gasteiger partial charge in [-0.15, -0.1) is 0 Å². The minimum Gasteiger partial charge on any atom is -0.612 e. The Balaban J connectivity index is 2.17. The number of benzene rings is 2. The molecule has 0 aliphatic heterocycles. The maximum Gasteiger partial charge on any atom is 0.331 e. The summed E-state index contributed by atoms with van der Waals surface area (Å²) >= 11 is 3.18. The second-order valence-electron chi connectivity index (χ2n) is 4.60. The average Bonchev–Trinajstić information content (AvgIpc) is 2.54. The quantitative estimate of drug-likeness (QED) is 0.710. The van der Waals surface area contributed by atoms with E-state index < -0.39 is 14.5 Å². The van der Waals surface area contributed by atoms with E-state index in [1.165, 1.54) is 18.3 Å². The molecule has 7 heteroatoms. The highest BCUT2D eigenvalue weighted by atomic mass is 79.9. The molecule has 0 fully saturated rings. The third-order valence-corrected chi connectivity index (χ3v) is 5.82. The molecule has 22 heavy (non-hydrogen) atoms. The van der Waals surface area contributed by atoms with Gasteiger partial charge in [0.05, 0.1) is 0 Å². The summed E-state index contributed by atoms with van der Waals surface area (Å²) in [4.78, 5) is 4.09. The first kappa shape index (κ1) is 15.1. The molecule has 0 radical (unpaired) electrons. The molecule has 0 bridgehead atoms. The Bertz CT molecular complexity index is 939. The van der Waals surface area contributed by atoms with Crippen LogP contribution in [0.15, 0.2) is 70.2 Å². The van der Waals surface area contributed by atoms with Crippen LogP contribution in [0.25, 0.3) is 10.9 Å². The number of rotatable bonds is 3. The lowest BCUT2D eigenvalue weighted by Crippen LogP contribution is -3.04. The molecule has 1 atom stereocenters. The summed E-state index contributed by atoms with van der Waals surface area (Å²) in [5.41, 5.74) is 0.458. The summed E-state index contributed by atoms with van der Waals surface area (Å²) in [6.45, 7) is 0. The Morgan fingerprint density at radius 3 is 2.50 bits per heavy atom.